The Hall–Kier alpha value is -2.06. The number of hydrogen-bond acceptors (Lipinski definition) is 6. The molecule has 0 aliphatic heterocycles. The molecule has 2 aromatic heterocycles. The minimum atomic E-state index is -0.609. The normalized spacial score (nSPS) is 14.9. The van der Waals surface area contributed by atoms with E-state index in [1.165, 1.54) is 16.9 Å². The van der Waals surface area contributed by atoms with Gasteiger partial charge in [0.2, 0.25) is 0 Å². The van der Waals surface area contributed by atoms with Crippen molar-refractivity contribution in [1.82, 2.24) is 14.9 Å². The Balaban J connectivity index is 1.41. The third-order valence-electron chi connectivity index (χ3n) is 5.76. The molecule has 32 heavy (non-hydrogen) atoms. The van der Waals surface area contributed by atoms with Crippen molar-refractivity contribution in [2.24, 2.45) is 5.92 Å². The second-order valence-corrected chi connectivity index (χ2v) is 10.2. The largest absolute Gasteiger partial charge is 0.389 e. The quantitative estimate of drug-likeness (QED) is 0.485. The maximum absolute atomic E-state index is 12.9. The summed E-state index contributed by atoms with van der Waals surface area (Å²) in [5, 5.41) is 11.4. The smallest absolute Gasteiger partial charge is 0.259 e. The number of thiophene rings is 1. The maximum Gasteiger partial charge on any atom is 0.259 e. The van der Waals surface area contributed by atoms with Gasteiger partial charge in [0.15, 0.2) is 0 Å². The van der Waals surface area contributed by atoms with Crippen LogP contribution in [0.5, 0.6) is 0 Å². The molecule has 1 aliphatic rings. The van der Waals surface area contributed by atoms with Gasteiger partial charge in [-0.1, -0.05) is 44.2 Å². The Morgan fingerprint density at radius 2 is 1.97 bits per heavy atom. The summed E-state index contributed by atoms with van der Waals surface area (Å²) in [6, 6.07) is 9.96. The van der Waals surface area contributed by atoms with Crippen LogP contribution in [0.4, 0.5) is 0 Å². The van der Waals surface area contributed by atoms with E-state index in [0.717, 1.165) is 41.6 Å². The summed E-state index contributed by atoms with van der Waals surface area (Å²) in [4.78, 5) is 25.0. The third kappa shape index (κ3) is 5.84. The molecule has 7 heteroatoms. The summed E-state index contributed by atoms with van der Waals surface area (Å²) in [5.74, 6) is 1.09. The fourth-order valence-corrected chi connectivity index (χ4v) is 5.73. The van der Waals surface area contributed by atoms with Crippen molar-refractivity contribution in [2.75, 3.05) is 19.7 Å². The van der Waals surface area contributed by atoms with Crippen molar-refractivity contribution in [3.63, 3.8) is 0 Å². The van der Waals surface area contributed by atoms with Crippen LogP contribution in [0.1, 0.15) is 48.5 Å². The van der Waals surface area contributed by atoms with E-state index in [4.69, 9.17) is 9.72 Å². The third-order valence-corrected chi connectivity index (χ3v) is 6.95. The average molecular weight is 456 g/mol. The van der Waals surface area contributed by atoms with Crippen molar-refractivity contribution in [2.45, 2.75) is 58.8 Å². The molecular formula is C25H33N3O3S. The summed E-state index contributed by atoms with van der Waals surface area (Å²) < 4.78 is 5.71. The molecule has 0 spiro atoms. The number of aliphatic hydroxyl groups is 1. The molecule has 0 bridgehead atoms. The minimum absolute atomic E-state index is 0.0272. The van der Waals surface area contributed by atoms with Crippen molar-refractivity contribution >= 4 is 21.6 Å². The Morgan fingerprint density at radius 3 is 2.75 bits per heavy atom. The Labute approximate surface area is 193 Å². The van der Waals surface area contributed by atoms with Gasteiger partial charge in [-0.3, -0.25) is 9.69 Å². The molecule has 3 aromatic rings. The number of fused-ring (bicyclic) bond motifs is 3. The van der Waals surface area contributed by atoms with Crippen LogP contribution in [0, 0.1) is 5.92 Å². The molecule has 0 unspecified atom stereocenters. The van der Waals surface area contributed by atoms with E-state index < -0.39 is 6.10 Å². The number of benzene rings is 1. The Kier molecular flexibility index (Phi) is 7.73. The van der Waals surface area contributed by atoms with E-state index in [1.54, 1.807) is 11.3 Å². The lowest BCUT2D eigenvalue weighted by atomic mass is 9.97. The summed E-state index contributed by atoms with van der Waals surface area (Å²) >= 11 is 1.67. The Morgan fingerprint density at radius 1 is 1.19 bits per heavy atom. The molecule has 0 saturated carbocycles. The van der Waals surface area contributed by atoms with E-state index in [2.05, 4.69) is 23.7 Å². The minimum Gasteiger partial charge on any atom is -0.389 e. The number of hydrogen-bond donors (Lipinski definition) is 2. The molecule has 1 atom stereocenters. The molecule has 0 radical (unpaired) electrons. The van der Waals surface area contributed by atoms with Crippen LogP contribution in [0.3, 0.4) is 0 Å². The van der Waals surface area contributed by atoms with E-state index in [9.17, 15) is 9.90 Å². The van der Waals surface area contributed by atoms with Gasteiger partial charge in [0, 0.05) is 18.0 Å². The van der Waals surface area contributed by atoms with Crippen molar-refractivity contribution in [3.8, 4) is 0 Å². The number of aromatic amines is 1. The summed E-state index contributed by atoms with van der Waals surface area (Å²) in [6.45, 7) is 6.83. The number of aromatic nitrogens is 2. The van der Waals surface area contributed by atoms with Crippen LogP contribution >= 0.6 is 11.3 Å². The molecule has 1 aromatic carbocycles. The molecule has 0 saturated heterocycles. The monoisotopic (exact) mass is 455 g/mol. The zero-order chi connectivity index (χ0) is 22.5. The lowest BCUT2D eigenvalue weighted by molar-refractivity contribution is 0.00639. The number of nitrogens with zero attached hydrogens (tertiary/aromatic N) is 2. The van der Waals surface area contributed by atoms with Gasteiger partial charge in [0.1, 0.15) is 10.7 Å². The number of aryl methyl sites for hydroxylation is 2. The summed E-state index contributed by atoms with van der Waals surface area (Å²) in [5.41, 5.74) is 2.27. The van der Waals surface area contributed by atoms with Gasteiger partial charge in [-0.2, -0.15) is 0 Å². The van der Waals surface area contributed by atoms with Gasteiger partial charge >= 0.3 is 0 Å². The highest BCUT2D eigenvalue weighted by Crippen LogP contribution is 2.33. The second-order valence-electron chi connectivity index (χ2n) is 9.15. The van der Waals surface area contributed by atoms with Crippen LogP contribution in [0.15, 0.2) is 35.1 Å². The molecule has 0 fully saturated rings. The van der Waals surface area contributed by atoms with Crippen molar-refractivity contribution < 1.29 is 9.84 Å². The first kappa shape index (κ1) is 23.1. The highest BCUT2D eigenvalue weighted by atomic mass is 32.1. The standard InChI is InChI=1S/C25H33N3O3S/c1-17(2)12-28(13-19(29)16-31-15-18-8-4-3-5-9-18)14-22-26-24(30)23-20-10-6-7-11-21(20)32-25(23)27-22/h3-5,8-9,17,19,29H,6-7,10-16H2,1-2H3,(H,26,27,30)/t19-/m1/s1. The van der Waals surface area contributed by atoms with Crippen molar-refractivity contribution in [1.29, 1.82) is 0 Å². The van der Waals surface area contributed by atoms with Crippen LogP contribution in [-0.4, -0.2) is 45.8 Å². The summed E-state index contributed by atoms with van der Waals surface area (Å²) in [7, 11) is 0. The summed E-state index contributed by atoms with van der Waals surface area (Å²) in [6.07, 6.45) is 3.76. The van der Waals surface area contributed by atoms with Crippen LogP contribution in [0.25, 0.3) is 10.2 Å². The number of nitrogens with one attached hydrogen (secondary N) is 1. The molecule has 172 valence electrons. The first-order valence-corrected chi connectivity index (χ1v) is 12.4. The SMILES string of the molecule is CC(C)CN(Cc1nc2sc3c(c2c(=O)[nH]1)CCCC3)C[C@@H](O)COCc1ccccc1. The van der Waals surface area contributed by atoms with Crippen LogP contribution in [0.2, 0.25) is 0 Å². The number of H-pyrrole nitrogens is 1. The lowest BCUT2D eigenvalue weighted by Gasteiger charge is -2.26. The molecule has 0 amide bonds. The van der Waals surface area contributed by atoms with Gasteiger partial charge in [-0.05, 0) is 42.7 Å². The van der Waals surface area contributed by atoms with Gasteiger partial charge in [-0.25, -0.2) is 4.98 Å². The van der Waals surface area contributed by atoms with E-state index in [1.807, 2.05) is 30.3 Å². The van der Waals surface area contributed by atoms with Gasteiger partial charge in [-0.15, -0.1) is 11.3 Å². The molecule has 2 N–H and O–H groups in total. The van der Waals surface area contributed by atoms with Crippen LogP contribution in [-0.2, 0) is 30.7 Å². The van der Waals surface area contributed by atoms with Gasteiger partial charge in [0.25, 0.3) is 5.56 Å². The number of ether oxygens (including phenoxy) is 1. The van der Waals surface area contributed by atoms with Crippen LogP contribution < -0.4 is 5.56 Å². The number of rotatable bonds is 10. The molecular weight excluding hydrogens is 422 g/mol. The zero-order valence-electron chi connectivity index (χ0n) is 19.0. The maximum atomic E-state index is 12.9. The van der Waals surface area contributed by atoms with E-state index in [-0.39, 0.29) is 12.2 Å². The molecule has 6 nitrogen and oxygen atoms in total. The highest BCUT2D eigenvalue weighted by molar-refractivity contribution is 7.18. The van der Waals surface area contributed by atoms with Gasteiger partial charge < -0.3 is 14.8 Å². The lowest BCUT2D eigenvalue weighted by Crippen LogP contribution is -2.37. The fraction of sp³-hybridized carbons (Fsp3) is 0.520. The second kappa shape index (κ2) is 10.7. The zero-order valence-corrected chi connectivity index (χ0v) is 19.8. The first-order valence-electron chi connectivity index (χ1n) is 11.5. The molecule has 4 rings (SSSR count). The number of aliphatic hydroxyl groups excluding tert-OH is 1. The van der Waals surface area contributed by atoms with Gasteiger partial charge in [0.05, 0.1) is 31.2 Å². The average Bonchev–Trinajstić information content (AvgIpc) is 3.12. The highest BCUT2D eigenvalue weighted by Gasteiger charge is 2.21. The van der Waals surface area contributed by atoms with Crippen molar-refractivity contribution in [3.05, 3.63) is 62.5 Å². The topological polar surface area (TPSA) is 78.5 Å². The molecule has 2 heterocycles. The predicted molar refractivity (Wildman–Crippen MR) is 129 cm³/mol. The molecule has 1 aliphatic carbocycles. The first-order chi connectivity index (χ1) is 15.5. The fourth-order valence-electron chi connectivity index (χ4n) is 4.45. The Bertz CT molecular complexity index is 1080. The van der Waals surface area contributed by atoms with E-state index >= 15 is 0 Å². The predicted octanol–water partition coefficient (Wildman–Crippen LogP) is 3.90. The van der Waals surface area contributed by atoms with E-state index in [0.29, 0.717) is 31.4 Å².